The Bertz CT molecular complexity index is 691. The van der Waals surface area contributed by atoms with Crippen molar-refractivity contribution in [2.45, 2.75) is 11.4 Å². The van der Waals surface area contributed by atoms with Crippen molar-refractivity contribution in [1.82, 2.24) is 9.71 Å². The molecule has 0 bridgehead atoms. The minimum absolute atomic E-state index is 0.0199. The Hall–Kier alpha value is -1.57. The van der Waals surface area contributed by atoms with E-state index in [0.717, 1.165) is 12.3 Å². The predicted octanol–water partition coefficient (Wildman–Crippen LogP) is 1.10. The topological polar surface area (TPSA) is 92.2 Å². The number of halogens is 1. The lowest BCUT2D eigenvalue weighted by molar-refractivity contribution is 0.498. The van der Waals surface area contributed by atoms with Gasteiger partial charge in [0.1, 0.15) is 10.8 Å². The highest BCUT2D eigenvalue weighted by Gasteiger charge is 2.15. The molecule has 0 aromatic carbocycles. The first-order valence-electron chi connectivity index (χ1n) is 4.89. The quantitative estimate of drug-likeness (QED) is 0.881. The standard InChI is InChI=1S/C10H9ClN2O4S/c11-9-4-8(6-12-10(9)14)18(15,16)13-5-7-2-1-3-17-7/h1-4,6,13H,5H2,(H,12,14). The lowest BCUT2D eigenvalue weighted by Crippen LogP contribution is -2.24. The van der Waals surface area contributed by atoms with Crippen LogP contribution in [-0.2, 0) is 16.6 Å². The number of nitrogens with one attached hydrogen (secondary N) is 2. The zero-order chi connectivity index (χ0) is 13.2. The summed E-state index contributed by atoms with van der Waals surface area (Å²) in [6.07, 6.45) is 2.53. The average Bonchev–Trinajstić information content (AvgIpc) is 2.83. The Balaban J connectivity index is 2.20. The van der Waals surface area contributed by atoms with Gasteiger partial charge in [-0.3, -0.25) is 4.79 Å². The summed E-state index contributed by atoms with van der Waals surface area (Å²) >= 11 is 5.57. The van der Waals surface area contributed by atoms with Crippen molar-refractivity contribution in [3.8, 4) is 0 Å². The average molecular weight is 289 g/mol. The molecule has 2 N–H and O–H groups in total. The maximum Gasteiger partial charge on any atom is 0.266 e. The number of sulfonamides is 1. The number of aromatic amines is 1. The van der Waals surface area contributed by atoms with Crippen molar-refractivity contribution in [2.75, 3.05) is 0 Å². The van der Waals surface area contributed by atoms with E-state index in [2.05, 4.69) is 9.71 Å². The molecule has 0 amide bonds. The largest absolute Gasteiger partial charge is 0.468 e. The monoisotopic (exact) mass is 288 g/mol. The first-order valence-corrected chi connectivity index (χ1v) is 6.75. The van der Waals surface area contributed by atoms with Crippen LogP contribution in [0.1, 0.15) is 5.76 Å². The van der Waals surface area contributed by atoms with Gasteiger partial charge in [0, 0.05) is 6.20 Å². The number of H-pyrrole nitrogens is 1. The minimum Gasteiger partial charge on any atom is -0.468 e. The Kier molecular flexibility index (Phi) is 3.55. The van der Waals surface area contributed by atoms with E-state index in [1.807, 2.05) is 0 Å². The summed E-state index contributed by atoms with van der Waals surface area (Å²) in [5.74, 6) is 0.481. The normalized spacial score (nSPS) is 11.6. The van der Waals surface area contributed by atoms with E-state index in [0.29, 0.717) is 5.76 Å². The van der Waals surface area contributed by atoms with E-state index in [4.69, 9.17) is 16.0 Å². The Morgan fingerprint density at radius 3 is 2.83 bits per heavy atom. The Labute approximate surface area is 108 Å². The highest BCUT2D eigenvalue weighted by Crippen LogP contribution is 2.11. The van der Waals surface area contributed by atoms with Gasteiger partial charge in [0.25, 0.3) is 5.56 Å². The SMILES string of the molecule is O=c1[nH]cc(S(=O)(=O)NCc2ccco2)cc1Cl. The molecule has 96 valence electrons. The van der Waals surface area contributed by atoms with Gasteiger partial charge < -0.3 is 9.40 Å². The highest BCUT2D eigenvalue weighted by molar-refractivity contribution is 7.89. The predicted molar refractivity (Wildman–Crippen MR) is 64.8 cm³/mol. The molecule has 0 aliphatic carbocycles. The first kappa shape index (κ1) is 12.9. The van der Waals surface area contributed by atoms with E-state index in [1.54, 1.807) is 12.1 Å². The van der Waals surface area contributed by atoms with Crippen LogP contribution in [0.25, 0.3) is 0 Å². The number of aromatic nitrogens is 1. The smallest absolute Gasteiger partial charge is 0.266 e. The van der Waals surface area contributed by atoms with Crippen molar-refractivity contribution in [2.24, 2.45) is 0 Å². The minimum atomic E-state index is -3.74. The molecule has 0 saturated heterocycles. The maximum absolute atomic E-state index is 11.9. The van der Waals surface area contributed by atoms with Gasteiger partial charge in [0.2, 0.25) is 10.0 Å². The molecule has 2 heterocycles. The summed E-state index contributed by atoms with van der Waals surface area (Å²) in [5.41, 5.74) is -0.540. The second kappa shape index (κ2) is 4.97. The number of hydrogen-bond donors (Lipinski definition) is 2. The van der Waals surface area contributed by atoms with E-state index in [9.17, 15) is 13.2 Å². The second-order valence-corrected chi connectivity index (χ2v) is 5.59. The van der Waals surface area contributed by atoms with Crippen molar-refractivity contribution in [3.05, 3.63) is 51.8 Å². The zero-order valence-corrected chi connectivity index (χ0v) is 10.6. The van der Waals surface area contributed by atoms with Gasteiger partial charge >= 0.3 is 0 Å². The molecule has 2 rings (SSSR count). The Morgan fingerprint density at radius 2 is 2.22 bits per heavy atom. The van der Waals surface area contributed by atoms with Crippen LogP contribution in [0.2, 0.25) is 5.02 Å². The molecule has 0 saturated carbocycles. The summed E-state index contributed by atoms with van der Waals surface area (Å²) in [5, 5.41) is -0.184. The summed E-state index contributed by atoms with van der Waals surface area (Å²) in [7, 11) is -3.74. The molecule has 6 nitrogen and oxygen atoms in total. The van der Waals surface area contributed by atoms with E-state index in [1.165, 1.54) is 6.26 Å². The van der Waals surface area contributed by atoms with Gasteiger partial charge in [-0.15, -0.1) is 0 Å². The van der Waals surface area contributed by atoms with Crippen molar-refractivity contribution in [3.63, 3.8) is 0 Å². The molecular formula is C10H9ClN2O4S. The van der Waals surface area contributed by atoms with Crippen molar-refractivity contribution >= 4 is 21.6 Å². The van der Waals surface area contributed by atoms with Gasteiger partial charge in [-0.25, -0.2) is 13.1 Å². The van der Waals surface area contributed by atoms with Gasteiger partial charge in [-0.2, -0.15) is 0 Å². The van der Waals surface area contributed by atoms with Crippen LogP contribution in [0.3, 0.4) is 0 Å². The third-order valence-corrected chi connectivity index (χ3v) is 3.82. The van der Waals surface area contributed by atoms with Crippen LogP contribution >= 0.6 is 11.6 Å². The van der Waals surface area contributed by atoms with E-state index in [-0.39, 0.29) is 16.5 Å². The van der Waals surface area contributed by atoms with Crippen molar-refractivity contribution in [1.29, 1.82) is 0 Å². The molecule has 18 heavy (non-hydrogen) atoms. The van der Waals surface area contributed by atoms with Crippen LogP contribution in [-0.4, -0.2) is 13.4 Å². The van der Waals surface area contributed by atoms with E-state index >= 15 is 0 Å². The molecule has 0 spiro atoms. The summed E-state index contributed by atoms with van der Waals surface area (Å²) in [6.45, 7) is 0.0199. The fourth-order valence-electron chi connectivity index (χ4n) is 1.26. The van der Waals surface area contributed by atoms with Gasteiger partial charge in [-0.1, -0.05) is 11.6 Å². The zero-order valence-electron chi connectivity index (χ0n) is 9.01. The lowest BCUT2D eigenvalue weighted by Gasteiger charge is -2.05. The summed E-state index contributed by atoms with van der Waals surface area (Å²) in [6, 6.07) is 4.38. The fraction of sp³-hybridized carbons (Fsp3) is 0.100. The van der Waals surface area contributed by atoms with Crippen LogP contribution < -0.4 is 10.3 Å². The molecular weight excluding hydrogens is 280 g/mol. The van der Waals surface area contributed by atoms with Crippen molar-refractivity contribution < 1.29 is 12.8 Å². The number of pyridine rings is 1. The number of furan rings is 1. The molecule has 8 heteroatoms. The fourth-order valence-corrected chi connectivity index (χ4v) is 2.48. The molecule has 0 fully saturated rings. The third-order valence-electron chi connectivity index (χ3n) is 2.16. The second-order valence-electron chi connectivity index (χ2n) is 3.42. The third kappa shape index (κ3) is 2.81. The summed E-state index contributed by atoms with van der Waals surface area (Å²) in [4.78, 5) is 13.2. The molecule has 2 aromatic rings. The van der Waals surface area contributed by atoms with Crippen LogP contribution in [0, 0.1) is 0 Å². The molecule has 2 aromatic heterocycles. The summed E-state index contributed by atoms with van der Waals surface area (Å²) < 4.78 is 31.0. The van der Waals surface area contributed by atoms with Gasteiger partial charge in [-0.05, 0) is 18.2 Å². The number of rotatable bonds is 4. The highest BCUT2D eigenvalue weighted by atomic mass is 35.5. The molecule has 0 radical (unpaired) electrons. The lowest BCUT2D eigenvalue weighted by atomic mass is 10.5. The molecule has 0 aliphatic heterocycles. The van der Waals surface area contributed by atoms with Crippen LogP contribution in [0.4, 0.5) is 0 Å². The van der Waals surface area contributed by atoms with Crippen LogP contribution in [0.15, 0.2) is 44.8 Å². The van der Waals surface area contributed by atoms with Crippen LogP contribution in [0.5, 0.6) is 0 Å². The van der Waals surface area contributed by atoms with E-state index < -0.39 is 15.6 Å². The molecule has 0 aliphatic rings. The van der Waals surface area contributed by atoms with Gasteiger partial charge in [0.15, 0.2) is 0 Å². The Morgan fingerprint density at radius 1 is 1.44 bits per heavy atom. The number of hydrogen-bond acceptors (Lipinski definition) is 4. The molecule has 0 atom stereocenters. The van der Waals surface area contributed by atoms with Gasteiger partial charge in [0.05, 0.1) is 17.7 Å². The first-order chi connectivity index (χ1) is 8.49. The molecule has 0 unspecified atom stereocenters. The maximum atomic E-state index is 11.9.